The average Bonchev–Trinajstić information content (AvgIpc) is 2.36. The number of aryl methyl sites for hydroxylation is 1. The molecule has 0 bridgehead atoms. The second kappa shape index (κ2) is 5.75. The van der Waals surface area contributed by atoms with Crippen molar-refractivity contribution in [3.05, 3.63) is 50.3 Å². The Hall–Kier alpha value is -1.34. The molecule has 0 saturated carbocycles. The number of halogens is 2. The summed E-state index contributed by atoms with van der Waals surface area (Å²) >= 11 is 7.98. The van der Waals surface area contributed by atoms with Gasteiger partial charge in [0.05, 0.1) is 11.3 Å². The number of hydrogen-bond acceptors (Lipinski definition) is 3. The summed E-state index contributed by atoms with van der Waals surface area (Å²) in [5.41, 5.74) is 1.50. The van der Waals surface area contributed by atoms with Gasteiger partial charge in [-0.2, -0.15) is 0 Å². The number of anilines is 1. The maximum atomic E-state index is 12.1. The van der Waals surface area contributed by atoms with E-state index in [0.29, 0.717) is 5.69 Å². The molecule has 0 fully saturated rings. The average molecular weight is 389 g/mol. The van der Waals surface area contributed by atoms with Crippen LogP contribution in [0.15, 0.2) is 30.5 Å². The third-order valence-electron chi connectivity index (χ3n) is 2.43. The van der Waals surface area contributed by atoms with Gasteiger partial charge in [-0.3, -0.25) is 4.79 Å². The van der Waals surface area contributed by atoms with Gasteiger partial charge in [-0.15, -0.1) is 0 Å². The highest BCUT2D eigenvalue weighted by Crippen LogP contribution is 2.24. The number of rotatable bonds is 2. The van der Waals surface area contributed by atoms with Crippen LogP contribution in [0.2, 0.25) is 5.15 Å². The van der Waals surface area contributed by atoms with Crippen LogP contribution in [-0.2, 0) is 0 Å². The van der Waals surface area contributed by atoms with E-state index in [1.165, 1.54) is 6.07 Å². The number of carbonyl (C=O) groups excluding carboxylic acids is 1. The zero-order valence-corrected chi connectivity index (χ0v) is 12.9. The van der Waals surface area contributed by atoms with Crippen LogP contribution in [0.3, 0.4) is 0 Å². The normalized spacial score (nSPS) is 10.3. The van der Waals surface area contributed by atoms with E-state index in [1.807, 2.05) is 6.92 Å². The Bertz CT molecular complexity index is 647. The van der Waals surface area contributed by atoms with E-state index in [2.05, 4.69) is 32.9 Å². The number of nitrogens with zero attached hydrogens (tertiary/aromatic N) is 1. The standard InChI is InChI=1S/C13H10ClIN2O2/c1-7-4-10(12(14)16-6-7)17-13(19)9-5-8(15)2-3-11(9)18/h2-6,18H,1H3,(H,17,19). The molecule has 1 aromatic carbocycles. The number of phenols is 1. The number of hydrogen-bond donors (Lipinski definition) is 2. The molecule has 19 heavy (non-hydrogen) atoms. The van der Waals surface area contributed by atoms with Crippen LogP contribution in [-0.4, -0.2) is 16.0 Å². The number of nitrogens with one attached hydrogen (secondary N) is 1. The van der Waals surface area contributed by atoms with E-state index in [0.717, 1.165) is 9.13 Å². The lowest BCUT2D eigenvalue weighted by molar-refractivity contribution is 0.102. The Morgan fingerprint density at radius 3 is 2.89 bits per heavy atom. The zero-order chi connectivity index (χ0) is 14.0. The summed E-state index contributed by atoms with van der Waals surface area (Å²) in [5.74, 6) is -0.500. The summed E-state index contributed by atoms with van der Waals surface area (Å²) in [6.07, 6.45) is 1.61. The molecule has 0 aliphatic carbocycles. The van der Waals surface area contributed by atoms with Crippen molar-refractivity contribution in [2.75, 3.05) is 5.32 Å². The molecule has 4 nitrogen and oxygen atoms in total. The van der Waals surface area contributed by atoms with Crippen LogP contribution in [0.1, 0.15) is 15.9 Å². The topological polar surface area (TPSA) is 62.2 Å². The lowest BCUT2D eigenvalue weighted by Gasteiger charge is -2.09. The lowest BCUT2D eigenvalue weighted by Crippen LogP contribution is -2.13. The van der Waals surface area contributed by atoms with E-state index < -0.39 is 5.91 Å². The molecule has 98 valence electrons. The van der Waals surface area contributed by atoms with Gasteiger partial charge in [-0.25, -0.2) is 4.98 Å². The first-order valence-corrected chi connectivity index (χ1v) is 6.85. The molecule has 1 heterocycles. The second-order valence-electron chi connectivity index (χ2n) is 3.97. The highest BCUT2D eigenvalue weighted by molar-refractivity contribution is 14.1. The van der Waals surface area contributed by atoms with E-state index in [1.54, 1.807) is 24.4 Å². The molecule has 1 amide bonds. The van der Waals surface area contributed by atoms with Gasteiger partial charge in [0.25, 0.3) is 5.91 Å². The predicted molar refractivity (Wildman–Crippen MR) is 82.8 cm³/mol. The number of amides is 1. The molecule has 0 unspecified atom stereocenters. The number of benzene rings is 1. The second-order valence-corrected chi connectivity index (χ2v) is 5.57. The highest BCUT2D eigenvalue weighted by atomic mass is 127. The fourth-order valence-electron chi connectivity index (χ4n) is 1.52. The Morgan fingerprint density at radius 2 is 2.16 bits per heavy atom. The molecule has 0 spiro atoms. The van der Waals surface area contributed by atoms with Crippen molar-refractivity contribution >= 4 is 45.8 Å². The van der Waals surface area contributed by atoms with Crippen LogP contribution in [0.25, 0.3) is 0 Å². The molecule has 2 rings (SSSR count). The SMILES string of the molecule is Cc1cnc(Cl)c(NC(=O)c2cc(I)ccc2O)c1. The van der Waals surface area contributed by atoms with Gasteiger partial charge >= 0.3 is 0 Å². The first kappa shape index (κ1) is 14.1. The van der Waals surface area contributed by atoms with Crippen molar-refractivity contribution in [3.8, 4) is 5.75 Å². The number of phenolic OH excluding ortho intramolecular Hbond substituents is 1. The van der Waals surface area contributed by atoms with E-state index in [-0.39, 0.29) is 16.5 Å². The summed E-state index contributed by atoms with van der Waals surface area (Å²) in [7, 11) is 0. The maximum Gasteiger partial charge on any atom is 0.259 e. The first-order chi connectivity index (χ1) is 8.97. The molecule has 1 aromatic heterocycles. The van der Waals surface area contributed by atoms with E-state index in [4.69, 9.17) is 11.6 Å². The molecule has 2 aromatic rings. The third-order valence-corrected chi connectivity index (χ3v) is 3.40. The van der Waals surface area contributed by atoms with Gasteiger partial charge in [-0.05, 0) is 59.3 Å². The van der Waals surface area contributed by atoms with Crippen LogP contribution >= 0.6 is 34.2 Å². The van der Waals surface area contributed by atoms with Crippen molar-refractivity contribution < 1.29 is 9.90 Å². The maximum absolute atomic E-state index is 12.1. The van der Waals surface area contributed by atoms with Crippen molar-refractivity contribution in [2.24, 2.45) is 0 Å². The lowest BCUT2D eigenvalue weighted by atomic mass is 10.2. The minimum Gasteiger partial charge on any atom is -0.507 e. The summed E-state index contributed by atoms with van der Waals surface area (Å²) in [6, 6.07) is 6.52. The van der Waals surface area contributed by atoms with E-state index in [9.17, 15) is 9.90 Å². The summed E-state index contributed by atoms with van der Waals surface area (Å²) in [6.45, 7) is 1.85. The fourth-order valence-corrected chi connectivity index (χ4v) is 2.16. The van der Waals surface area contributed by atoms with E-state index >= 15 is 0 Å². The summed E-state index contributed by atoms with van der Waals surface area (Å²) in [4.78, 5) is 16.0. The van der Waals surface area contributed by atoms with Crippen LogP contribution in [0, 0.1) is 10.5 Å². The zero-order valence-electron chi connectivity index (χ0n) is 9.95. The molecular weight excluding hydrogens is 379 g/mol. The monoisotopic (exact) mass is 388 g/mol. The van der Waals surface area contributed by atoms with Crippen LogP contribution in [0.5, 0.6) is 5.75 Å². The number of pyridine rings is 1. The molecule has 6 heteroatoms. The first-order valence-electron chi connectivity index (χ1n) is 5.39. The Balaban J connectivity index is 2.30. The molecule has 2 N–H and O–H groups in total. The van der Waals surface area contributed by atoms with Crippen LogP contribution < -0.4 is 5.32 Å². The molecular formula is C13H10ClIN2O2. The predicted octanol–water partition coefficient (Wildman–Crippen LogP) is 3.61. The summed E-state index contributed by atoms with van der Waals surface area (Å²) < 4.78 is 0.856. The molecule has 0 atom stereocenters. The van der Waals surface area contributed by atoms with Crippen LogP contribution in [0.4, 0.5) is 5.69 Å². The smallest absolute Gasteiger partial charge is 0.259 e. The highest BCUT2D eigenvalue weighted by Gasteiger charge is 2.13. The largest absolute Gasteiger partial charge is 0.507 e. The quantitative estimate of drug-likeness (QED) is 0.610. The van der Waals surface area contributed by atoms with Gasteiger partial charge in [0, 0.05) is 9.77 Å². The van der Waals surface area contributed by atoms with Gasteiger partial charge in [-0.1, -0.05) is 11.6 Å². The Morgan fingerprint density at radius 1 is 1.42 bits per heavy atom. The minimum absolute atomic E-state index is 0.0744. The van der Waals surface area contributed by atoms with Crippen molar-refractivity contribution in [1.29, 1.82) is 0 Å². The number of aromatic hydroxyl groups is 1. The van der Waals surface area contributed by atoms with Crippen molar-refractivity contribution in [3.63, 3.8) is 0 Å². The fraction of sp³-hybridized carbons (Fsp3) is 0.0769. The number of carbonyl (C=O) groups is 1. The van der Waals surface area contributed by atoms with Gasteiger partial charge < -0.3 is 10.4 Å². The molecule has 0 aliphatic rings. The van der Waals surface area contributed by atoms with Gasteiger partial charge in [0.15, 0.2) is 5.15 Å². The number of aromatic nitrogens is 1. The molecule has 0 saturated heterocycles. The minimum atomic E-state index is -0.426. The molecule has 0 radical (unpaired) electrons. The van der Waals surface area contributed by atoms with Crippen molar-refractivity contribution in [2.45, 2.75) is 6.92 Å². The Labute approximate surface area is 129 Å². The van der Waals surface area contributed by atoms with Gasteiger partial charge in [0.2, 0.25) is 0 Å². The summed E-state index contributed by atoms with van der Waals surface area (Å²) in [5, 5.41) is 12.5. The Kier molecular flexibility index (Phi) is 4.26. The molecule has 0 aliphatic heterocycles. The van der Waals surface area contributed by atoms with Gasteiger partial charge in [0.1, 0.15) is 5.75 Å². The third kappa shape index (κ3) is 3.36. The van der Waals surface area contributed by atoms with Crippen molar-refractivity contribution in [1.82, 2.24) is 4.98 Å².